The summed E-state index contributed by atoms with van der Waals surface area (Å²) in [5.41, 5.74) is -0.774. The van der Waals surface area contributed by atoms with Crippen LogP contribution in [0.4, 0.5) is 0 Å². The highest BCUT2D eigenvalue weighted by atomic mass is 16.5. The summed E-state index contributed by atoms with van der Waals surface area (Å²) < 4.78 is 4.93. The monoisotopic (exact) mass is 188 g/mol. The van der Waals surface area contributed by atoms with E-state index in [1.165, 1.54) is 0 Å². The van der Waals surface area contributed by atoms with Gasteiger partial charge in [-0.05, 0) is 26.7 Å². The van der Waals surface area contributed by atoms with Crippen molar-refractivity contribution >= 4 is 5.97 Å². The van der Waals surface area contributed by atoms with Crippen LogP contribution in [0, 0.1) is 0 Å². The molecular weight excluding hydrogens is 168 g/mol. The van der Waals surface area contributed by atoms with Crippen LogP contribution in [0.15, 0.2) is 0 Å². The zero-order valence-corrected chi connectivity index (χ0v) is 8.80. The number of hydrogen-bond donors (Lipinski definition) is 1. The summed E-state index contributed by atoms with van der Waals surface area (Å²) in [5, 5.41) is 9.33. The van der Waals surface area contributed by atoms with Gasteiger partial charge in [0.2, 0.25) is 0 Å². The van der Waals surface area contributed by atoms with Gasteiger partial charge in [0, 0.05) is 6.42 Å². The molecule has 0 rings (SSSR count). The topological polar surface area (TPSA) is 46.5 Å². The summed E-state index contributed by atoms with van der Waals surface area (Å²) in [6.07, 6.45) is 2.69. The molecule has 0 bridgehead atoms. The van der Waals surface area contributed by atoms with Crippen LogP contribution in [-0.2, 0) is 9.53 Å². The van der Waals surface area contributed by atoms with E-state index in [2.05, 4.69) is 0 Å². The van der Waals surface area contributed by atoms with Crippen molar-refractivity contribution in [1.29, 1.82) is 0 Å². The number of rotatable bonds is 6. The second-order valence-corrected chi connectivity index (χ2v) is 3.89. The molecule has 0 aliphatic rings. The normalized spacial score (nSPS) is 11.4. The van der Waals surface area contributed by atoms with E-state index >= 15 is 0 Å². The van der Waals surface area contributed by atoms with Crippen LogP contribution in [0.25, 0.3) is 0 Å². The van der Waals surface area contributed by atoms with Crippen LogP contribution in [-0.4, -0.2) is 23.3 Å². The number of aliphatic hydroxyl groups is 1. The number of carbonyl (C=O) groups is 1. The second-order valence-electron chi connectivity index (χ2n) is 3.89. The lowest BCUT2D eigenvalue weighted by atomic mass is 10.0. The van der Waals surface area contributed by atoms with Crippen molar-refractivity contribution < 1.29 is 14.6 Å². The van der Waals surface area contributed by atoms with Crippen molar-refractivity contribution in [3.63, 3.8) is 0 Å². The third-order valence-corrected chi connectivity index (χ3v) is 1.70. The van der Waals surface area contributed by atoms with Crippen LogP contribution in [0.3, 0.4) is 0 Å². The highest BCUT2D eigenvalue weighted by Gasteiger charge is 2.15. The lowest BCUT2D eigenvalue weighted by molar-refractivity contribution is -0.145. The average Bonchev–Trinajstić information content (AvgIpc) is 2.00. The Balaban J connectivity index is 3.41. The molecule has 0 saturated heterocycles. The Morgan fingerprint density at radius 2 is 2.08 bits per heavy atom. The van der Waals surface area contributed by atoms with Crippen molar-refractivity contribution in [2.24, 2.45) is 0 Å². The van der Waals surface area contributed by atoms with Gasteiger partial charge in [-0.1, -0.05) is 13.3 Å². The van der Waals surface area contributed by atoms with Gasteiger partial charge in [0.1, 0.15) is 0 Å². The minimum atomic E-state index is -0.774. The molecule has 0 aliphatic heterocycles. The molecule has 0 aromatic heterocycles. The maximum Gasteiger partial charge on any atom is 0.305 e. The maximum absolute atomic E-state index is 11.0. The molecule has 3 nitrogen and oxygen atoms in total. The molecule has 0 fully saturated rings. The molecule has 0 amide bonds. The Morgan fingerprint density at radius 1 is 1.46 bits per heavy atom. The fourth-order valence-electron chi connectivity index (χ4n) is 0.810. The first-order valence-electron chi connectivity index (χ1n) is 4.83. The van der Waals surface area contributed by atoms with Crippen molar-refractivity contribution in [1.82, 2.24) is 0 Å². The zero-order valence-electron chi connectivity index (χ0n) is 8.80. The summed E-state index contributed by atoms with van der Waals surface area (Å²) in [6.45, 7) is 5.92. The summed E-state index contributed by atoms with van der Waals surface area (Å²) in [4.78, 5) is 11.0. The molecule has 13 heavy (non-hydrogen) atoms. The highest BCUT2D eigenvalue weighted by molar-refractivity contribution is 5.69. The van der Waals surface area contributed by atoms with Gasteiger partial charge in [0.15, 0.2) is 0 Å². The number of unbranched alkanes of at least 4 members (excludes halogenated alkanes) is 1. The van der Waals surface area contributed by atoms with Crippen LogP contribution < -0.4 is 0 Å². The molecule has 0 heterocycles. The van der Waals surface area contributed by atoms with Crippen LogP contribution in [0.1, 0.15) is 46.5 Å². The Morgan fingerprint density at radius 3 is 2.54 bits per heavy atom. The lowest BCUT2D eigenvalue weighted by Gasteiger charge is -2.15. The van der Waals surface area contributed by atoms with Crippen LogP contribution >= 0.6 is 0 Å². The fraction of sp³-hybridized carbons (Fsp3) is 0.900. The number of ether oxygens (including phenoxy) is 1. The first kappa shape index (κ1) is 12.4. The zero-order chi connectivity index (χ0) is 10.3. The molecule has 1 N–H and O–H groups in total. The second kappa shape index (κ2) is 5.97. The van der Waals surface area contributed by atoms with Gasteiger partial charge in [-0.15, -0.1) is 0 Å². The Hall–Kier alpha value is -0.570. The SMILES string of the molecule is CCCCOC(=O)CCC(C)(C)O. The summed E-state index contributed by atoms with van der Waals surface area (Å²) in [6, 6.07) is 0. The van der Waals surface area contributed by atoms with Gasteiger partial charge >= 0.3 is 5.97 Å². The first-order chi connectivity index (χ1) is 5.95. The van der Waals surface area contributed by atoms with E-state index < -0.39 is 5.60 Å². The van der Waals surface area contributed by atoms with Gasteiger partial charge in [0.05, 0.1) is 12.2 Å². The highest BCUT2D eigenvalue weighted by Crippen LogP contribution is 2.10. The fourth-order valence-corrected chi connectivity index (χ4v) is 0.810. The number of carbonyl (C=O) groups excluding carboxylic acids is 1. The smallest absolute Gasteiger partial charge is 0.305 e. The summed E-state index contributed by atoms with van der Waals surface area (Å²) in [7, 11) is 0. The molecule has 0 radical (unpaired) electrons. The van der Waals surface area contributed by atoms with E-state index in [-0.39, 0.29) is 5.97 Å². The van der Waals surface area contributed by atoms with Crippen molar-refractivity contribution in [2.75, 3.05) is 6.61 Å². The van der Waals surface area contributed by atoms with E-state index in [1.54, 1.807) is 13.8 Å². The molecule has 0 saturated carbocycles. The van der Waals surface area contributed by atoms with Gasteiger partial charge in [-0.25, -0.2) is 0 Å². The molecule has 0 atom stereocenters. The third kappa shape index (κ3) is 9.34. The maximum atomic E-state index is 11.0. The Bertz CT molecular complexity index is 147. The number of esters is 1. The molecule has 3 heteroatoms. The predicted octanol–water partition coefficient (Wildman–Crippen LogP) is 1.88. The molecule has 0 spiro atoms. The van der Waals surface area contributed by atoms with Gasteiger partial charge < -0.3 is 9.84 Å². The standard InChI is InChI=1S/C10H20O3/c1-4-5-8-13-9(11)6-7-10(2,3)12/h12H,4-8H2,1-3H3. The van der Waals surface area contributed by atoms with Gasteiger partial charge in [-0.2, -0.15) is 0 Å². The number of hydrogen-bond acceptors (Lipinski definition) is 3. The molecule has 0 aliphatic carbocycles. The van der Waals surface area contributed by atoms with Crippen molar-refractivity contribution in [3.8, 4) is 0 Å². The van der Waals surface area contributed by atoms with Gasteiger partial charge in [-0.3, -0.25) is 4.79 Å². The minimum Gasteiger partial charge on any atom is -0.466 e. The van der Waals surface area contributed by atoms with E-state index in [4.69, 9.17) is 4.74 Å². The summed E-state index contributed by atoms with van der Waals surface area (Å²) >= 11 is 0. The molecule has 0 aromatic rings. The molecule has 0 aromatic carbocycles. The average molecular weight is 188 g/mol. The van der Waals surface area contributed by atoms with Crippen LogP contribution in [0.5, 0.6) is 0 Å². The first-order valence-corrected chi connectivity index (χ1v) is 4.83. The van der Waals surface area contributed by atoms with E-state index in [0.29, 0.717) is 19.4 Å². The quantitative estimate of drug-likeness (QED) is 0.511. The molecular formula is C10H20O3. The van der Waals surface area contributed by atoms with Gasteiger partial charge in [0.25, 0.3) is 0 Å². The molecule has 78 valence electrons. The minimum absolute atomic E-state index is 0.212. The Kier molecular flexibility index (Phi) is 5.71. The largest absolute Gasteiger partial charge is 0.466 e. The molecule has 0 unspecified atom stereocenters. The van der Waals surface area contributed by atoms with E-state index in [0.717, 1.165) is 12.8 Å². The third-order valence-electron chi connectivity index (χ3n) is 1.70. The predicted molar refractivity (Wildman–Crippen MR) is 51.4 cm³/mol. The lowest BCUT2D eigenvalue weighted by Crippen LogP contribution is -2.20. The summed E-state index contributed by atoms with van der Waals surface area (Å²) in [5.74, 6) is -0.212. The van der Waals surface area contributed by atoms with E-state index in [9.17, 15) is 9.90 Å². The van der Waals surface area contributed by atoms with E-state index in [1.807, 2.05) is 6.92 Å². The van der Waals surface area contributed by atoms with Crippen LogP contribution in [0.2, 0.25) is 0 Å². The van der Waals surface area contributed by atoms with Crippen molar-refractivity contribution in [2.45, 2.75) is 52.1 Å². The Labute approximate surface area is 80.1 Å². The van der Waals surface area contributed by atoms with Crippen molar-refractivity contribution in [3.05, 3.63) is 0 Å².